The molecule has 0 spiro atoms. The van der Waals surface area contributed by atoms with Crippen molar-refractivity contribution in [3.63, 3.8) is 0 Å². The summed E-state index contributed by atoms with van der Waals surface area (Å²) in [6.07, 6.45) is 2.06. The molecule has 0 unspecified atom stereocenters. The molecule has 0 saturated carbocycles. The van der Waals surface area contributed by atoms with Crippen molar-refractivity contribution in [3.8, 4) is 0 Å². The molecule has 0 saturated heterocycles. The highest BCUT2D eigenvalue weighted by Gasteiger charge is 2.35. The second kappa shape index (κ2) is 7.27. The lowest BCUT2D eigenvalue weighted by molar-refractivity contribution is 0.652. The Kier molecular flexibility index (Phi) is 4.90. The largest absolute Gasteiger partial charge is 0.276 e. The summed E-state index contributed by atoms with van der Waals surface area (Å²) in [7, 11) is 0. The third-order valence-corrected chi connectivity index (χ3v) is 4.14. The van der Waals surface area contributed by atoms with Gasteiger partial charge in [0.05, 0.1) is 0 Å². The van der Waals surface area contributed by atoms with E-state index in [1.807, 2.05) is 0 Å². The van der Waals surface area contributed by atoms with Crippen molar-refractivity contribution < 1.29 is 0 Å². The SMILES string of the molecule is CC(C)C=NC(c1ccccc1)(c1ccccc1)c1ccccc1. The Labute approximate surface area is 144 Å². The zero-order valence-corrected chi connectivity index (χ0v) is 14.3. The molecule has 0 fully saturated rings. The maximum atomic E-state index is 5.14. The van der Waals surface area contributed by atoms with Crippen LogP contribution in [0.15, 0.2) is 96.0 Å². The van der Waals surface area contributed by atoms with Crippen LogP contribution in [0, 0.1) is 5.92 Å². The highest BCUT2D eigenvalue weighted by molar-refractivity contribution is 5.64. The van der Waals surface area contributed by atoms with Crippen molar-refractivity contribution in [2.75, 3.05) is 0 Å². The van der Waals surface area contributed by atoms with Crippen molar-refractivity contribution in [2.24, 2.45) is 10.9 Å². The van der Waals surface area contributed by atoms with Gasteiger partial charge in [0, 0.05) is 6.21 Å². The van der Waals surface area contributed by atoms with Crippen molar-refractivity contribution in [3.05, 3.63) is 108 Å². The van der Waals surface area contributed by atoms with Gasteiger partial charge < -0.3 is 0 Å². The van der Waals surface area contributed by atoms with Crippen LogP contribution in [0.2, 0.25) is 0 Å². The van der Waals surface area contributed by atoms with E-state index in [2.05, 4.69) is 111 Å². The van der Waals surface area contributed by atoms with Crippen molar-refractivity contribution in [2.45, 2.75) is 19.4 Å². The molecule has 3 aromatic carbocycles. The molecule has 3 rings (SSSR count). The minimum absolute atomic E-state index is 0.389. The van der Waals surface area contributed by atoms with E-state index in [-0.39, 0.29) is 0 Å². The van der Waals surface area contributed by atoms with Crippen LogP contribution in [0.1, 0.15) is 30.5 Å². The quantitative estimate of drug-likeness (QED) is 0.423. The van der Waals surface area contributed by atoms with E-state index in [1.54, 1.807) is 0 Å². The van der Waals surface area contributed by atoms with Crippen molar-refractivity contribution >= 4 is 6.21 Å². The van der Waals surface area contributed by atoms with Crippen LogP contribution >= 0.6 is 0 Å². The van der Waals surface area contributed by atoms with Crippen LogP contribution < -0.4 is 0 Å². The monoisotopic (exact) mass is 313 g/mol. The lowest BCUT2D eigenvalue weighted by Gasteiger charge is -2.32. The smallest absolute Gasteiger partial charge is 0.135 e. The van der Waals surface area contributed by atoms with Gasteiger partial charge in [0.15, 0.2) is 0 Å². The van der Waals surface area contributed by atoms with E-state index < -0.39 is 5.54 Å². The first-order chi connectivity index (χ1) is 11.7. The molecule has 0 aromatic heterocycles. The fourth-order valence-electron chi connectivity index (χ4n) is 3.02. The topological polar surface area (TPSA) is 12.4 Å². The van der Waals surface area contributed by atoms with E-state index in [1.165, 1.54) is 16.7 Å². The fourth-order valence-corrected chi connectivity index (χ4v) is 3.02. The number of nitrogens with zero attached hydrogens (tertiary/aromatic N) is 1. The van der Waals surface area contributed by atoms with Gasteiger partial charge in [0.1, 0.15) is 5.54 Å². The van der Waals surface area contributed by atoms with Crippen LogP contribution in [0.5, 0.6) is 0 Å². The fraction of sp³-hybridized carbons (Fsp3) is 0.174. The molecule has 24 heavy (non-hydrogen) atoms. The molecule has 120 valence electrons. The average Bonchev–Trinajstić information content (AvgIpc) is 2.65. The van der Waals surface area contributed by atoms with Crippen LogP contribution in [-0.2, 0) is 5.54 Å². The number of benzene rings is 3. The molecule has 0 amide bonds. The first kappa shape index (κ1) is 16.2. The van der Waals surface area contributed by atoms with Crippen molar-refractivity contribution in [1.82, 2.24) is 0 Å². The van der Waals surface area contributed by atoms with Gasteiger partial charge in [-0.1, -0.05) is 105 Å². The van der Waals surface area contributed by atoms with Gasteiger partial charge in [-0.25, -0.2) is 0 Å². The number of hydrogen-bond donors (Lipinski definition) is 0. The minimum atomic E-state index is -0.520. The summed E-state index contributed by atoms with van der Waals surface area (Å²) in [5.74, 6) is 0.389. The zero-order chi connectivity index (χ0) is 16.8. The molecular weight excluding hydrogens is 290 g/mol. The molecule has 0 aliphatic rings. The molecule has 0 N–H and O–H groups in total. The van der Waals surface area contributed by atoms with Gasteiger partial charge in [0.25, 0.3) is 0 Å². The Balaban J connectivity index is 2.33. The molecule has 0 radical (unpaired) electrons. The zero-order valence-electron chi connectivity index (χ0n) is 14.3. The maximum absolute atomic E-state index is 5.14. The van der Waals surface area contributed by atoms with Crippen LogP contribution in [0.25, 0.3) is 0 Å². The van der Waals surface area contributed by atoms with Crippen LogP contribution in [0.4, 0.5) is 0 Å². The molecule has 0 aliphatic heterocycles. The van der Waals surface area contributed by atoms with Gasteiger partial charge in [-0.2, -0.15) is 0 Å². The molecular formula is C23H23N. The van der Waals surface area contributed by atoms with Crippen LogP contribution in [0.3, 0.4) is 0 Å². The average molecular weight is 313 g/mol. The molecule has 0 bridgehead atoms. The van der Waals surface area contributed by atoms with Crippen molar-refractivity contribution in [1.29, 1.82) is 0 Å². The Bertz CT molecular complexity index is 677. The second-order valence-corrected chi connectivity index (χ2v) is 6.33. The molecule has 0 aliphatic carbocycles. The third kappa shape index (κ3) is 3.16. The van der Waals surface area contributed by atoms with E-state index in [9.17, 15) is 0 Å². The maximum Gasteiger partial charge on any atom is 0.135 e. The molecule has 3 aromatic rings. The summed E-state index contributed by atoms with van der Waals surface area (Å²) < 4.78 is 0. The number of hydrogen-bond acceptors (Lipinski definition) is 1. The van der Waals surface area contributed by atoms with Gasteiger partial charge in [-0.3, -0.25) is 4.99 Å². The first-order valence-corrected chi connectivity index (χ1v) is 8.45. The first-order valence-electron chi connectivity index (χ1n) is 8.45. The summed E-state index contributed by atoms with van der Waals surface area (Å²) >= 11 is 0. The standard InChI is InChI=1S/C23H23N/c1-19(2)18-24-23(20-12-6-3-7-13-20,21-14-8-4-9-15-21)22-16-10-5-11-17-22/h3-19H,1-2H3. The lowest BCUT2D eigenvalue weighted by Crippen LogP contribution is -2.27. The minimum Gasteiger partial charge on any atom is -0.276 e. The summed E-state index contributed by atoms with van der Waals surface area (Å²) in [5, 5.41) is 0. The predicted molar refractivity (Wildman–Crippen MR) is 103 cm³/mol. The summed E-state index contributed by atoms with van der Waals surface area (Å²) in [5.41, 5.74) is 3.02. The third-order valence-electron chi connectivity index (χ3n) is 4.14. The number of rotatable bonds is 5. The normalized spacial score (nSPS) is 12.0. The summed E-state index contributed by atoms with van der Waals surface area (Å²) in [6.45, 7) is 4.32. The molecule has 1 heteroatoms. The van der Waals surface area contributed by atoms with Gasteiger partial charge >= 0.3 is 0 Å². The lowest BCUT2D eigenvalue weighted by atomic mass is 9.77. The Morgan fingerprint density at radius 3 is 1.25 bits per heavy atom. The van der Waals surface area contributed by atoms with Gasteiger partial charge in [0.2, 0.25) is 0 Å². The molecule has 0 heterocycles. The molecule has 0 atom stereocenters. The van der Waals surface area contributed by atoms with E-state index in [0.717, 1.165) is 0 Å². The van der Waals surface area contributed by atoms with E-state index in [4.69, 9.17) is 4.99 Å². The predicted octanol–water partition coefficient (Wildman–Crippen LogP) is 5.71. The van der Waals surface area contributed by atoms with E-state index in [0.29, 0.717) is 5.92 Å². The molecule has 1 nitrogen and oxygen atoms in total. The highest BCUT2D eigenvalue weighted by atomic mass is 14.9. The number of aliphatic imine (C=N–C) groups is 1. The summed E-state index contributed by atoms with van der Waals surface area (Å²) in [4.78, 5) is 5.14. The summed E-state index contributed by atoms with van der Waals surface area (Å²) in [6, 6.07) is 31.6. The Hall–Kier alpha value is -2.67. The second-order valence-electron chi connectivity index (χ2n) is 6.33. The Morgan fingerprint density at radius 1 is 0.625 bits per heavy atom. The van der Waals surface area contributed by atoms with E-state index >= 15 is 0 Å². The van der Waals surface area contributed by atoms with Gasteiger partial charge in [-0.05, 0) is 22.6 Å². The Morgan fingerprint density at radius 2 is 0.958 bits per heavy atom. The highest BCUT2D eigenvalue weighted by Crippen LogP contribution is 2.40. The van der Waals surface area contributed by atoms with Gasteiger partial charge in [-0.15, -0.1) is 0 Å². The van der Waals surface area contributed by atoms with Crippen LogP contribution in [-0.4, -0.2) is 6.21 Å².